The molecule has 0 saturated carbocycles. The van der Waals surface area contributed by atoms with E-state index in [1.807, 2.05) is 13.8 Å². The van der Waals surface area contributed by atoms with E-state index in [-0.39, 0.29) is 11.8 Å². The molecule has 1 heterocycles. The van der Waals surface area contributed by atoms with Crippen LogP contribution in [0.2, 0.25) is 0 Å². The van der Waals surface area contributed by atoms with Crippen LogP contribution in [0.5, 0.6) is 0 Å². The van der Waals surface area contributed by atoms with Crippen LogP contribution in [0.25, 0.3) is 0 Å². The smallest absolute Gasteiger partial charge is 0.240 e. The maximum absolute atomic E-state index is 12.4. The second kappa shape index (κ2) is 6.39. The number of nitrogens with one attached hydrogen (secondary N) is 1. The Morgan fingerprint density at radius 1 is 1.50 bits per heavy atom. The van der Waals surface area contributed by atoms with E-state index in [0.29, 0.717) is 6.54 Å². The summed E-state index contributed by atoms with van der Waals surface area (Å²) in [5.74, 6) is -0.0242. The van der Waals surface area contributed by atoms with Crippen molar-refractivity contribution in [2.24, 2.45) is 5.92 Å². The van der Waals surface area contributed by atoms with E-state index in [2.05, 4.69) is 41.4 Å². The van der Waals surface area contributed by atoms with Crippen molar-refractivity contribution in [3.05, 3.63) is 29.3 Å². The first-order chi connectivity index (χ1) is 10.4. The third-order valence-corrected chi connectivity index (χ3v) is 4.57. The molecule has 4 nitrogen and oxygen atoms in total. The van der Waals surface area contributed by atoms with E-state index in [4.69, 9.17) is 0 Å². The van der Waals surface area contributed by atoms with Crippen LogP contribution in [0, 0.1) is 24.2 Å². The molecule has 22 heavy (non-hydrogen) atoms. The van der Waals surface area contributed by atoms with Gasteiger partial charge in [0.15, 0.2) is 0 Å². The fraction of sp³-hybridized carbons (Fsp3) is 0.556. The van der Waals surface area contributed by atoms with Crippen molar-refractivity contribution in [2.45, 2.75) is 46.1 Å². The first-order valence-corrected chi connectivity index (χ1v) is 7.92. The van der Waals surface area contributed by atoms with E-state index >= 15 is 0 Å². The Kier molecular flexibility index (Phi) is 4.75. The van der Waals surface area contributed by atoms with Crippen LogP contribution in [-0.2, 0) is 11.2 Å². The molecule has 0 aromatic heterocycles. The molecule has 1 amide bonds. The number of carbonyl (C=O) groups is 1. The lowest BCUT2D eigenvalue weighted by molar-refractivity contribution is -0.121. The SMILES string of the molecule is Cc1ccc2c(c1)CCCN2CC(=O)N[C@](C)(C#N)C(C)C. The highest BCUT2D eigenvalue weighted by Crippen LogP contribution is 2.27. The highest BCUT2D eigenvalue weighted by atomic mass is 16.2. The fourth-order valence-corrected chi connectivity index (χ4v) is 2.77. The second-order valence-electron chi connectivity index (χ2n) is 6.67. The summed E-state index contributed by atoms with van der Waals surface area (Å²) in [6.07, 6.45) is 2.13. The predicted molar refractivity (Wildman–Crippen MR) is 88.7 cm³/mol. The minimum atomic E-state index is -0.816. The summed E-state index contributed by atoms with van der Waals surface area (Å²) in [4.78, 5) is 14.5. The number of hydrogen-bond donors (Lipinski definition) is 1. The fourth-order valence-electron chi connectivity index (χ4n) is 2.77. The molecule has 0 radical (unpaired) electrons. The first kappa shape index (κ1) is 16.4. The van der Waals surface area contributed by atoms with Gasteiger partial charge in [-0.15, -0.1) is 0 Å². The molecule has 0 unspecified atom stereocenters. The minimum absolute atomic E-state index is 0.0674. The maximum Gasteiger partial charge on any atom is 0.240 e. The highest BCUT2D eigenvalue weighted by molar-refractivity contribution is 5.83. The van der Waals surface area contributed by atoms with Gasteiger partial charge >= 0.3 is 0 Å². The number of benzene rings is 1. The average Bonchev–Trinajstić information content (AvgIpc) is 2.46. The molecule has 1 N–H and O–H groups in total. The van der Waals surface area contributed by atoms with Gasteiger partial charge in [-0.2, -0.15) is 5.26 Å². The zero-order chi connectivity index (χ0) is 16.3. The van der Waals surface area contributed by atoms with Gasteiger partial charge in [0.2, 0.25) is 5.91 Å². The molecule has 2 rings (SSSR count). The van der Waals surface area contributed by atoms with Crippen LogP contribution in [0.15, 0.2) is 18.2 Å². The van der Waals surface area contributed by atoms with Gasteiger partial charge in [-0.05, 0) is 44.2 Å². The van der Waals surface area contributed by atoms with Crippen LogP contribution in [0.4, 0.5) is 5.69 Å². The number of anilines is 1. The van der Waals surface area contributed by atoms with Crippen molar-refractivity contribution in [3.63, 3.8) is 0 Å². The molecular formula is C18H25N3O. The van der Waals surface area contributed by atoms with Crippen LogP contribution in [0.3, 0.4) is 0 Å². The van der Waals surface area contributed by atoms with E-state index < -0.39 is 5.54 Å². The monoisotopic (exact) mass is 299 g/mol. The molecule has 1 atom stereocenters. The number of nitrogens with zero attached hydrogens (tertiary/aromatic N) is 2. The lowest BCUT2D eigenvalue weighted by Gasteiger charge is -2.33. The zero-order valence-electron chi connectivity index (χ0n) is 13.9. The molecular weight excluding hydrogens is 274 g/mol. The summed E-state index contributed by atoms with van der Waals surface area (Å²) < 4.78 is 0. The molecule has 1 aliphatic rings. The third-order valence-electron chi connectivity index (χ3n) is 4.57. The summed E-state index contributed by atoms with van der Waals surface area (Å²) in [7, 11) is 0. The number of nitriles is 1. The Bertz CT molecular complexity index is 603. The van der Waals surface area contributed by atoms with Gasteiger partial charge in [-0.25, -0.2) is 0 Å². The third kappa shape index (κ3) is 3.41. The molecule has 118 valence electrons. The van der Waals surface area contributed by atoms with Crippen molar-refractivity contribution >= 4 is 11.6 Å². The maximum atomic E-state index is 12.4. The van der Waals surface area contributed by atoms with E-state index in [0.717, 1.165) is 25.1 Å². The minimum Gasteiger partial charge on any atom is -0.362 e. The van der Waals surface area contributed by atoms with Crippen LogP contribution in [-0.4, -0.2) is 24.5 Å². The van der Waals surface area contributed by atoms with E-state index in [1.165, 1.54) is 11.1 Å². The van der Waals surface area contributed by atoms with Crippen molar-refractivity contribution in [1.82, 2.24) is 5.32 Å². The quantitative estimate of drug-likeness (QED) is 0.930. The topological polar surface area (TPSA) is 56.1 Å². The summed E-state index contributed by atoms with van der Waals surface area (Å²) in [5, 5.41) is 12.2. The van der Waals surface area contributed by atoms with Gasteiger partial charge in [0.25, 0.3) is 0 Å². The van der Waals surface area contributed by atoms with Crippen LogP contribution < -0.4 is 10.2 Å². The largest absolute Gasteiger partial charge is 0.362 e. The number of rotatable bonds is 4. The normalized spacial score (nSPS) is 16.6. The molecule has 1 aromatic rings. The first-order valence-electron chi connectivity index (χ1n) is 7.92. The van der Waals surface area contributed by atoms with Gasteiger partial charge in [0.1, 0.15) is 5.54 Å². The van der Waals surface area contributed by atoms with Gasteiger partial charge in [-0.3, -0.25) is 4.79 Å². The summed E-state index contributed by atoms with van der Waals surface area (Å²) in [5.41, 5.74) is 2.89. The molecule has 0 spiro atoms. The summed E-state index contributed by atoms with van der Waals surface area (Å²) in [6.45, 7) is 8.95. The van der Waals surface area contributed by atoms with E-state index in [1.54, 1.807) is 6.92 Å². The Morgan fingerprint density at radius 2 is 2.23 bits per heavy atom. The Labute approximate surface area is 133 Å². The molecule has 1 aromatic carbocycles. The number of hydrogen-bond acceptors (Lipinski definition) is 3. The van der Waals surface area contributed by atoms with Gasteiger partial charge in [0, 0.05) is 12.2 Å². The molecule has 1 aliphatic heterocycles. The van der Waals surface area contributed by atoms with Gasteiger partial charge in [0.05, 0.1) is 12.6 Å². The number of aryl methyl sites for hydroxylation is 2. The molecule has 0 saturated heterocycles. The average molecular weight is 299 g/mol. The zero-order valence-corrected chi connectivity index (χ0v) is 13.9. The Hall–Kier alpha value is -2.02. The van der Waals surface area contributed by atoms with Crippen LogP contribution >= 0.6 is 0 Å². The summed E-state index contributed by atoms with van der Waals surface area (Å²) in [6, 6.07) is 8.61. The Balaban J connectivity index is 2.10. The molecule has 4 heteroatoms. The lowest BCUT2D eigenvalue weighted by atomic mass is 9.90. The van der Waals surface area contributed by atoms with Crippen molar-refractivity contribution in [3.8, 4) is 6.07 Å². The van der Waals surface area contributed by atoms with Crippen molar-refractivity contribution in [1.29, 1.82) is 5.26 Å². The number of fused-ring (bicyclic) bond motifs is 1. The van der Waals surface area contributed by atoms with Crippen molar-refractivity contribution < 1.29 is 4.79 Å². The highest BCUT2D eigenvalue weighted by Gasteiger charge is 2.30. The lowest BCUT2D eigenvalue weighted by Crippen LogP contribution is -2.52. The summed E-state index contributed by atoms with van der Waals surface area (Å²) >= 11 is 0. The van der Waals surface area contributed by atoms with E-state index in [9.17, 15) is 10.1 Å². The molecule has 0 fully saturated rings. The van der Waals surface area contributed by atoms with Crippen LogP contribution in [0.1, 0.15) is 38.3 Å². The number of amides is 1. The standard InChI is InChI=1S/C18H25N3O/c1-13(2)18(4,12-19)20-17(22)11-21-9-5-6-15-10-14(3)7-8-16(15)21/h7-8,10,13H,5-6,9,11H2,1-4H3,(H,20,22)/t18-/m1/s1. The van der Waals surface area contributed by atoms with Gasteiger partial charge in [-0.1, -0.05) is 31.5 Å². The molecule has 0 bridgehead atoms. The predicted octanol–water partition coefficient (Wildman–Crippen LogP) is 2.80. The van der Waals surface area contributed by atoms with Crippen molar-refractivity contribution in [2.75, 3.05) is 18.0 Å². The molecule has 0 aliphatic carbocycles. The second-order valence-corrected chi connectivity index (χ2v) is 6.67. The van der Waals surface area contributed by atoms with Gasteiger partial charge < -0.3 is 10.2 Å². The Morgan fingerprint density at radius 3 is 2.86 bits per heavy atom. The number of carbonyl (C=O) groups excluding carboxylic acids is 1.